The van der Waals surface area contributed by atoms with Gasteiger partial charge >= 0.3 is 16.6 Å². The highest BCUT2D eigenvalue weighted by atomic mass is 32.3. The topological polar surface area (TPSA) is 99.1 Å². The Balaban J connectivity index is 0.000000697. The summed E-state index contributed by atoms with van der Waals surface area (Å²) in [4.78, 5) is 12.7. The average molecular weight is 396 g/mol. The third-order valence-electron chi connectivity index (χ3n) is 2.52. The van der Waals surface area contributed by atoms with Crippen LogP contribution in [0.2, 0.25) is 0 Å². The number of benzene rings is 1. The molecule has 0 saturated carbocycles. The van der Waals surface area contributed by atoms with Crippen molar-refractivity contribution >= 4 is 27.4 Å². The summed E-state index contributed by atoms with van der Waals surface area (Å²) in [6.07, 6.45) is 1.53. The first-order chi connectivity index (χ1) is 11.4. The normalized spacial score (nSPS) is 12.6. The lowest BCUT2D eigenvalue weighted by molar-refractivity contribution is 0.0206. The minimum absolute atomic E-state index is 0.0289. The van der Waals surface area contributed by atoms with Gasteiger partial charge in [0.05, 0.1) is 6.61 Å². The van der Waals surface area contributed by atoms with Crippen molar-refractivity contribution in [2.45, 2.75) is 45.1 Å². The number of ether oxygens (including phenoxy) is 2. The Hall–Kier alpha value is -1.29. The van der Waals surface area contributed by atoms with Crippen LogP contribution >= 0.6 is 0 Å². The lowest BCUT2D eigenvalue weighted by atomic mass is 10.2. The molecule has 0 aliphatic rings. The Morgan fingerprint density at radius 3 is 2.00 bits per heavy atom. The first-order valence-electron chi connectivity index (χ1n) is 7.63. The molecule has 7 nitrogen and oxygen atoms in total. The summed E-state index contributed by atoms with van der Waals surface area (Å²) in [5.74, 6) is 1.63. The molecule has 1 aromatic carbocycles. The second kappa shape index (κ2) is 10.6. The van der Waals surface area contributed by atoms with Gasteiger partial charge in [-0.1, -0.05) is 0 Å². The summed E-state index contributed by atoms with van der Waals surface area (Å²) in [6, 6.07) is 7.59. The van der Waals surface area contributed by atoms with E-state index in [1.807, 2.05) is 12.1 Å². The molecule has 1 N–H and O–H groups in total. The van der Waals surface area contributed by atoms with Crippen LogP contribution in [0.3, 0.4) is 0 Å². The fourth-order valence-corrected chi connectivity index (χ4v) is 2.65. The van der Waals surface area contributed by atoms with Crippen molar-refractivity contribution in [2.75, 3.05) is 18.6 Å². The highest BCUT2D eigenvalue weighted by molar-refractivity contribution is 7.96. The van der Waals surface area contributed by atoms with Crippen LogP contribution in [0.1, 0.15) is 34.6 Å². The molecule has 1 atom stereocenters. The smallest absolute Gasteiger partial charge is 0.428 e. The summed E-state index contributed by atoms with van der Waals surface area (Å²) < 4.78 is 40.8. The van der Waals surface area contributed by atoms with Crippen LogP contribution in [0, 0.1) is 0 Å². The number of carbonyl (C=O) groups excluding carboxylic acids is 1. The van der Waals surface area contributed by atoms with Crippen molar-refractivity contribution in [1.82, 2.24) is 0 Å². The zero-order valence-electron chi connectivity index (χ0n) is 15.4. The average Bonchev–Trinajstić information content (AvgIpc) is 2.44. The predicted molar refractivity (Wildman–Crippen MR) is 98.6 cm³/mol. The monoisotopic (exact) mass is 395 g/mol. The predicted octanol–water partition coefficient (Wildman–Crippen LogP) is 3.45. The maximum Gasteiger partial charge on any atom is 0.514 e. The van der Waals surface area contributed by atoms with Gasteiger partial charge < -0.3 is 9.47 Å². The maximum absolute atomic E-state index is 11.5. The maximum atomic E-state index is 11.5. The second-order valence-corrected chi connectivity index (χ2v) is 9.21. The van der Waals surface area contributed by atoms with Crippen molar-refractivity contribution in [3.8, 4) is 5.75 Å². The largest absolute Gasteiger partial charge is 0.514 e. The molecule has 0 amide bonds. The summed E-state index contributed by atoms with van der Waals surface area (Å²) in [7, 11) is -3.92. The molecule has 0 aliphatic carbocycles. The van der Waals surface area contributed by atoms with Crippen LogP contribution in [0.4, 0.5) is 4.79 Å². The van der Waals surface area contributed by atoms with E-state index in [4.69, 9.17) is 14.0 Å². The van der Waals surface area contributed by atoms with E-state index in [9.17, 15) is 13.2 Å². The highest BCUT2D eigenvalue weighted by Crippen LogP contribution is 2.18. The van der Waals surface area contributed by atoms with Crippen molar-refractivity contribution in [3.63, 3.8) is 0 Å². The Morgan fingerprint density at radius 2 is 1.68 bits per heavy atom. The Morgan fingerprint density at radius 1 is 1.16 bits per heavy atom. The van der Waals surface area contributed by atoms with E-state index in [2.05, 4.69) is 17.4 Å². The summed E-state index contributed by atoms with van der Waals surface area (Å²) in [5.41, 5.74) is -0.533. The van der Waals surface area contributed by atoms with Crippen molar-refractivity contribution in [3.05, 3.63) is 24.3 Å². The molecule has 0 bridgehead atoms. The van der Waals surface area contributed by atoms with Crippen LogP contribution < -0.4 is 4.74 Å². The first kappa shape index (κ1) is 23.7. The molecule has 0 heterocycles. The molecular weight excluding hydrogens is 368 g/mol. The molecule has 1 aromatic rings. The quantitative estimate of drug-likeness (QED) is 0.353. The summed E-state index contributed by atoms with van der Waals surface area (Å²) in [5, 5.41) is 0. The lowest BCUT2D eigenvalue weighted by Crippen LogP contribution is -2.25. The van der Waals surface area contributed by atoms with Gasteiger partial charge in [0.15, 0.2) is 4.90 Å². The molecular formula is C16H27O7S2+. The van der Waals surface area contributed by atoms with Gasteiger partial charge in [0.2, 0.25) is 0 Å². The number of hydrogen-bond donors (Lipinski definition) is 1. The molecule has 25 heavy (non-hydrogen) atoms. The third-order valence-corrected chi connectivity index (χ3v) is 4.99. The second-order valence-electron chi connectivity index (χ2n) is 5.80. The molecule has 144 valence electrons. The molecule has 0 saturated heterocycles. The molecule has 0 aromatic heterocycles. The van der Waals surface area contributed by atoms with Crippen LogP contribution in [0.15, 0.2) is 29.2 Å². The zero-order chi connectivity index (χ0) is 19.7. The fraction of sp³-hybridized carbons (Fsp3) is 0.562. The van der Waals surface area contributed by atoms with Gasteiger partial charge in [-0.3, -0.25) is 4.55 Å². The SMILES string of the molecule is CCOS(=O)(=O)O.CC[S@+](C)c1ccc(OC(=O)OC(C)(C)C)cc1. The number of carbonyl (C=O) groups is 1. The van der Waals surface area contributed by atoms with Gasteiger partial charge in [-0.2, -0.15) is 8.42 Å². The molecule has 9 heteroatoms. The molecule has 0 unspecified atom stereocenters. The minimum Gasteiger partial charge on any atom is -0.428 e. The van der Waals surface area contributed by atoms with Crippen molar-refractivity contribution < 1.29 is 31.4 Å². The van der Waals surface area contributed by atoms with Gasteiger partial charge in [-0.25, -0.2) is 8.98 Å². The van der Waals surface area contributed by atoms with Crippen molar-refractivity contribution in [1.29, 1.82) is 0 Å². The Kier molecular flexibility index (Phi) is 10.1. The standard InChI is InChI=1S/C14H21O3S.C2H6O4S/c1-6-18(5)12-9-7-11(8-10-12)16-13(15)17-14(2,3)4;1-2-6-7(3,4)5/h7-10H,6H2,1-5H3;2H2,1H3,(H,3,4,5)/q+1;/t18-;/m0./s1. The molecule has 0 fully saturated rings. The molecule has 0 aliphatic heterocycles. The Labute approximate surface area is 153 Å². The van der Waals surface area contributed by atoms with Gasteiger partial charge in [0.1, 0.15) is 23.4 Å². The van der Waals surface area contributed by atoms with E-state index < -0.39 is 22.2 Å². The van der Waals surface area contributed by atoms with E-state index in [0.717, 1.165) is 5.75 Å². The van der Waals surface area contributed by atoms with Crippen LogP contribution in [-0.4, -0.2) is 43.3 Å². The van der Waals surface area contributed by atoms with E-state index in [0.29, 0.717) is 5.75 Å². The summed E-state index contributed by atoms with van der Waals surface area (Å²) in [6.45, 7) is 9.02. The minimum atomic E-state index is -4.17. The number of rotatable bonds is 5. The van der Waals surface area contributed by atoms with Gasteiger partial charge in [-0.05, 0) is 58.9 Å². The Bertz CT molecular complexity index is 619. The molecule has 0 spiro atoms. The zero-order valence-corrected chi connectivity index (χ0v) is 17.1. The van der Waals surface area contributed by atoms with E-state index in [1.165, 1.54) is 11.8 Å². The lowest BCUT2D eigenvalue weighted by Gasteiger charge is -2.18. The van der Waals surface area contributed by atoms with Gasteiger partial charge in [0, 0.05) is 10.9 Å². The molecule has 0 radical (unpaired) electrons. The van der Waals surface area contributed by atoms with Crippen LogP contribution in [0.5, 0.6) is 5.75 Å². The van der Waals surface area contributed by atoms with Gasteiger partial charge in [0.25, 0.3) is 0 Å². The third kappa shape index (κ3) is 12.7. The first-order valence-corrected chi connectivity index (χ1v) is 10.8. The molecule has 1 rings (SSSR count). The van der Waals surface area contributed by atoms with Crippen LogP contribution in [-0.2, 0) is 30.2 Å². The van der Waals surface area contributed by atoms with E-state index >= 15 is 0 Å². The highest BCUT2D eigenvalue weighted by Gasteiger charge is 2.18. The van der Waals surface area contributed by atoms with E-state index in [-0.39, 0.29) is 17.5 Å². The summed E-state index contributed by atoms with van der Waals surface area (Å²) >= 11 is 0. The number of hydrogen-bond acceptors (Lipinski definition) is 6. The van der Waals surface area contributed by atoms with E-state index in [1.54, 1.807) is 32.9 Å². The van der Waals surface area contributed by atoms with Gasteiger partial charge in [-0.15, -0.1) is 0 Å². The van der Waals surface area contributed by atoms with Crippen LogP contribution in [0.25, 0.3) is 0 Å². The fourth-order valence-electron chi connectivity index (χ4n) is 1.42. The van der Waals surface area contributed by atoms with Crippen molar-refractivity contribution in [2.24, 2.45) is 0 Å².